The summed E-state index contributed by atoms with van der Waals surface area (Å²) < 4.78 is 5.88. The Morgan fingerprint density at radius 2 is 2.13 bits per heavy atom. The first-order valence-electron chi connectivity index (χ1n) is 5.66. The maximum Gasteiger partial charge on any atom is 0.0744 e. The van der Waals surface area contributed by atoms with Gasteiger partial charge in [-0.25, -0.2) is 0 Å². The van der Waals surface area contributed by atoms with Crippen LogP contribution in [0.5, 0.6) is 0 Å². The van der Waals surface area contributed by atoms with E-state index in [2.05, 4.69) is 43.4 Å². The Morgan fingerprint density at radius 3 is 2.87 bits per heavy atom. The lowest BCUT2D eigenvalue weighted by Gasteiger charge is -2.29. The van der Waals surface area contributed by atoms with Crippen LogP contribution in [-0.2, 0) is 11.2 Å². The molecule has 1 aliphatic heterocycles. The van der Waals surface area contributed by atoms with Crippen molar-refractivity contribution < 1.29 is 4.74 Å². The predicted octanol–water partition coefficient (Wildman–Crippen LogP) is 1.91. The van der Waals surface area contributed by atoms with E-state index in [0.29, 0.717) is 12.2 Å². The topological polar surface area (TPSA) is 21.3 Å². The summed E-state index contributed by atoms with van der Waals surface area (Å²) in [5, 5.41) is 3.40. The molecule has 1 heterocycles. The average Bonchev–Trinajstić information content (AvgIpc) is 2.22. The minimum Gasteiger partial charge on any atom is -0.372 e. The van der Waals surface area contributed by atoms with Gasteiger partial charge in [0.15, 0.2) is 0 Å². The van der Waals surface area contributed by atoms with Crippen LogP contribution in [0.3, 0.4) is 0 Å². The molecule has 1 aromatic rings. The van der Waals surface area contributed by atoms with E-state index in [-0.39, 0.29) is 0 Å². The van der Waals surface area contributed by atoms with Gasteiger partial charge in [-0.15, -0.1) is 0 Å². The summed E-state index contributed by atoms with van der Waals surface area (Å²) in [5.74, 6) is 0. The first-order chi connectivity index (χ1) is 7.25. The summed E-state index contributed by atoms with van der Waals surface area (Å²) in [6.07, 6.45) is 1.69. The highest BCUT2D eigenvalue weighted by molar-refractivity contribution is 5.26. The summed E-state index contributed by atoms with van der Waals surface area (Å²) in [7, 11) is 0. The van der Waals surface area contributed by atoms with Crippen LogP contribution < -0.4 is 5.32 Å². The first-order valence-corrected chi connectivity index (χ1v) is 5.66. The largest absolute Gasteiger partial charge is 0.372 e. The van der Waals surface area contributed by atoms with Crippen LogP contribution in [0.15, 0.2) is 24.3 Å². The van der Waals surface area contributed by atoms with Crippen molar-refractivity contribution in [2.45, 2.75) is 32.5 Å². The molecule has 2 rings (SSSR count). The molecule has 1 saturated heterocycles. The van der Waals surface area contributed by atoms with E-state index in [9.17, 15) is 0 Å². The summed E-state index contributed by atoms with van der Waals surface area (Å²) in [6.45, 7) is 6.23. The average molecular weight is 205 g/mol. The minimum absolute atomic E-state index is 0.329. The molecule has 0 bridgehead atoms. The maximum absolute atomic E-state index is 5.88. The molecule has 2 unspecified atom stereocenters. The van der Waals surface area contributed by atoms with E-state index in [1.54, 1.807) is 0 Å². The monoisotopic (exact) mass is 205 g/mol. The smallest absolute Gasteiger partial charge is 0.0744 e. The molecule has 2 heteroatoms. The number of aryl methyl sites for hydroxylation is 1. The molecule has 1 fully saturated rings. The molecule has 0 spiro atoms. The molecule has 0 aromatic heterocycles. The van der Waals surface area contributed by atoms with Gasteiger partial charge < -0.3 is 10.1 Å². The Labute approximate surface area is 91.6 Å². The van der Waals surface area contributed by atoms with Crippen LogP contribution >= 0.6 is 0 Å². The van der Waals surface area contributed by atoms with Crippen molar-refractivity contribution in [3.8, 4) is 0 Å². The van der Waals surface area contributed by atoms with E-state index < -0.39 is 0 Å². The molecule has 2 atom stereocenters. The highest BCUT2D eigenvalue weighted by Crippen LogP contribution is 2.13. The Morgan fingerprint density at radius 1 is 1.33 bits per heavy atom. The molecule has 0 amide bonds. The number of rotatable bonds is 2. The van der Waals surface area contributed by atoms with Gasteiger partial charge in [0.05, 0.1) is 12.2 Å². The van der Waals surface area contributed by atoms with Crippen LogP contribution in [0.2, 0.25) is 0 Å². The molecule has 0 radical (unpaired) electrons. The van der Waals surface area contributed by atoms with Crippen molar-refractivity contribution in [1.29, 1.82) is 0 Å². The molecular formula is C13H19NO. The quantitative estimate of drug-likeness (QED) is 0.796. The van der Waals surface area contributed by atoms with Gasteiger partial charge in [-0.2, -0.15) is 0 Å². The fourth-order valence-electron chi connectivity index (χ4n) is 2.08. The van der Waals surface area contributed by atoms with E-state index in [0.717, 1.165) is 19.5 Å². The van der Waals surface area contributed by atoms with E-state index in [4.69, 9.17) is 4.74 Å². The number of ether oxygens (including phenoxy) is 1. The van der Waals surface area contributed by atoms with Gasteiger partial charge in [-0.3, -0.25) is 0 Å². The van der Waals surface area contributed by atoms with Gasteiger partial charge in [-0.1, -0.05) is 24.3 Å². The van der Waals surface area contributed by atoms with E-state index in [1.807, 2.05) is 0 Å². The normalized spacial score (nSPS) is 26.5. The maximum atomic E-state index is 5.88. The fourth-order valence-corrected chi connectivity index (χ4v) is 2.08. The number of hydrogen-bond acceptors (Lipinski definition) is 2. The molecule has 0 aliphatic carbocycles. The summed E-state index contributed by atoms with van der Waals surface area (Å²) >= 11 is 0. The molecule has 1 aromatic carbocycles. The lowest BCUT2D eigenvalue weighted by atomic mass is 10.0. The third-order valence-corrected chi connectivity index (χ3v) is 2.94. The van der Waals surface area contributed by atoms with Crippen LogP contribution in [-0.4, -0.2) is 25.3 Å². The minimum atomic E-state index is 0.329. The number of benzene rings is 1. The molecule has 82 valence electrons. The number of hydrogen-bond donors (Lipinski definition) is 1. The van der Waals surface area contributed by atoms with Gasteiger partial charge in [0.1, 0.15) is 0 Å². The van der Waals surface area contributed by atoms with Crippen LogP contribution in [0.1, 0.15) is 18.1 Å². The van der Waals surface area contributed by atoms with Crippen molar-refractivity contribution in [3.63, 3.8) is 0 Å². The van der Waals surface area contributed by atoms with Gasteiger partial charge in [-0.05, 0) is 25.0 Å². The number of nitrogens with one attached hydrogen (secondary N) is 1. The zero-order chi connectivity index (χ0) is 10.7. The second kappa shape index (κ2) is 4.77. The Balaban J connectivity index is 1.99. The van der Waals surface area contributed by atoms with E-state index >= 15 is 0 Å². The summed E-state index contributed by atoms with van der Waals surface area (Å²) in [6, 6.07) is 8.54. The zero-order valence-corrected chi connectivity index (χ0v) is 9.49. The second-order valence-corrected chi connectivity index (χ2v) is 4.36. The lowest BCUT2D eigenvalue weighted by molar-refractivity contribution is -0.0263. The third kappa shape index (κ3) is 2.80. The van der Waals surface area contributed by atoms with Gasteiger partial charge in [0.2, 0.25) is 0 Å². The zero-order valence-electron chi connectivity index (χ0n) is 9.49. The molecule has 0 saturated carbocycles. The van der Waals surface area contributed by atoms with Gasteiger partial charge in [0.25, 0.3) is 0 Å². The molecule has 1 N–H and O–H groups in total. The van der Waals surface area contributed by atoms with Crippen LogP contribution in [0.4, 0.5) is 0 Å². The van der Waals surface area contributed by atoms with Crippen molar-refractivity contribution >= 4 is 0 Å². The van der Waals surface area contributed by atoms with Gasteiger partial charge in [0, 0.05) is 19.5 Å². The molecular weight excluding hydrogens is 186 g/mol. The molecule has 15 heavy (non-hydrogen) atoms. The first kappa shape index (κ1) is 10.7. The summed E-state index contributed by atoms with van der Waals surface area (Å²) in [4.78, 5) is 0. The Bertz CT molecular complexity index is 324. The molecule has 2 nitrogen and oxygen atoms in total. The second-order valence-electron chi connectivity index (χ2n) is 4.36. The van der Waals surface area contributed by atoms with Crippen molar-refractivity contribution in [3.05, 3.63) is 35.4 Å². The lowest BCUT2D eigenvalue weighted by Crippen LogP contribution is -2.44. The summed E-state index contributed by atoms with van der Waals surface area (Å²) in [5.41, 5.74) is 2.76. The van der Waals surface area contributed by atoms with Crippen molar-refractivity contribution in [2.24, 2.45) is 0 Å². The Kier molecular flexibility index (Phi) is 3.39. The number of morpholine rings is 1. The highest BCUT2D eigenvalue weighted by atomic mass is 16.5. The molecule has 1 aliphatic rings. The predicted molar refractivity (Wildman–Crippen MR) is 62.1 cm³/mol. The standard InChI is InChI=1S/C13H19NO/c1-10-5-3-4-6-12(10)7-13-9-14-8-11(2)15-13/h3-6,11,13-14H,7-9H2,1-2H3. The van der Waals surface area contributed by atoms with Crippen LogP contribution in [0, 0.1) is 6.92 Å². The SMILES string of the molecule is Cc1ccccc1CC1CNCC(C)O1. The van der Waals surface area contributed by atoms with Crippen molar-refractivity contribution in [1.82, 2.24) is 5.32 Å². The van der Waals surface area contributed by atoms with Crippen molar-refractivity contribution in [2.75, 3.05) is 13.1 Å². The third-order valence-electron chi connectivity index (χ3n) is 2.94. The Hall–Kier alpha value is -0.860. The highest BCUT2D eigenvalue weighted by Gasteiger charge is 2.19. The van der Waals surface area contributed by atoms with E-state index in [1.165, 1.54) is 11.1 Å². The van der Waals surface area contributed by atoms with Crippen LogP contribution in [0.25, 0.3) is 0 Å². The fraction of sp³-hybridized carbons (Fsp3) is 0.538. The van der Waals surface area contributed by atoms with Gasteiger partial charge >= 0.3 is 0 Å².